The summed E-state index contributed by atoms with van der Waals surface area (Å²) in [5.41, 5.74) is 0.894. The van der Waals surface area contributed by atoms with Gasteiger partial charge in [-0.05, 0) is 25.3 Å². The molecule has 2 heterocycles. The van der Waals surface area contributed by atoms with Crippen LogP contribution >= 0.6 is 11.3 Å². The minimum absolute atomic E-state index is 0.0623. The van der Waals surface area contributed by atoms with E-state index >= 15 is 0 Å². The predicted molar refractivity (Wildman–Crippen MR) is 72.4 cm³/mol. The molecule has 0 aliphatic carbocycles. The van der Waals surface area contributed by atoms with Crippen molar-refractivity contribution < 1.29 is 9.84 Å². The molecular weight excluding hydrogens is 248 g/mol. The third-order valence-electron chi connectivity index (χ3n) is 3.35. The first-order valence-corrected chi connectivity index (χ1v) is 7.34. The number of thiazole rings is 1. The van der Waals surface area contributed by atoms with Crippen molar-refractivity contribution in [3.8, 4) is 0 Å². The van der Waals surface area contributed by atoms with Gasteiger partial charge in [-0.1, -0.05) is 6.92 Å². The zero-order chi connectivity index (χ0) is 13.0. The van der Waals surface area contributed by atoms with E-state index in [2.05, 4.69) is 16.8 Å². The highest BCUT2D eigenvalue weighted by atomic mass is 32.1. The van der Waals surface area contributed by atoms with Crippen LogP contribution in [0, 0.1) is 5.92 Å². The number of aromatic nitrogens is 1. The molecule has 0 saturated carbocycles. The van der Waals surface area contributed by atoms with Crippen molar-refractivity contribution in [3.63, 3.8) is 0 Å². The van der Waals surface area contributed by atoms with Crippen LogP contribution in [0.15, 0.2) is 0 Å². The molecule has 1 aliphatic rings. The quantitative estimate of drug-likeness (QED) is 0.889. The lowest BCUT2D eigenvalue weighted by Crippen LogP contribution is -2.33. The molecule has 102 valence electrons. The molecule has 5 heteroatoms. The Morgan fingerprint density at radius 1 is 1.56 bits per heavy atom. The van der Waals surface area contributed by atoms with E-state index in [0.29, 0.717) is 6.61 Å². The maximum Gasteiger partial charge on any atom is 0.107 e. The Morgan fingerprint density at radius 2 is 2.39 bits per heavy atom. The van der Waals surface area contributed by atoms with Gasteiger partial charge in [-0.3, -0.25) is 4.90 Å². The topological polar surface area (TPSA) is 45.6 Å². The SMILES string of the molecule is COCc1nc(CN2CCCC(C)C2)sc1CO. The second-order valence-electron chi connectivity index (χ2n) is 5.05. The molecule has 1 aromatic heterocycles. The van der Waals surface area contributed by atoms with Crippen molar-refractivity contribution in [2.24, 2.45) is 5.92 Å². The summed E-state index contributed by atoms with van der Waals surface area (Å²) in [7, 11) is 1.66. The fourth-order valence-electron chi connectivity index (χ4n) is 2.50. The highest BCUT2D eigenvalue weighted by molar-refractivity contribution is 7.11. The fourth-order valence-corrected chi connectivity index (χ4v) is 3.47. The van der Waals surface area contributed by atoms with Crippen LogP contribution in [0.4, 0.5) is 0 Å². The number of hydrogen-bond donors (Lipinski definition) is 1. The van der Waals surface area contributed by atoms with Crippen LogP contribution in [-0.2, 0) is 24.5 Å². The monoisotopic (exact) mass is 270 g/mol. The number of piperidine rings is 1. The lowest BCUT2D eigenvalue weighted by Gasteiger charge is -2.29. The first-order valence-electron chi connectivity index (χ1n) is 6.52. The van der Waals surface area contributed by atoms with E-state index in [0.717, 1.165) is 41.1 Å². The number of aliphatic hydroxyl groups is 1. The standard InChI is InChI=1S/C13H22N2O2S/c1-10-4-3-5-15(6-10)7-13-14-11(9-17-2)12(8-16)18-13/h10,16H,3-9H2,1-2H3. The fraction of sp³-hybridized carbons (Fsp3) is 0.769. The van der Waals surface area contributed by atoms with Gasteiger partial charge in [0, 0.05) is 13.7 Å². The van der Waals surface area contributed by atoms with E-state index < -0.39 is 0 Å². The Morgan fingerprint density at radius 3 is 3.06 bits per heavy atom. The van der Waals surface area contributed by atoms with E-state index in [9.17, 15) is 5.11 Å². The summed E-state index contributed by atoms with van der Waals surface area (Å²) in [6.07, 6.45) is 2.62. The smallest absolute Gasteiger partial charge is 0.107 e. The molecule has 1 aliphatic heterocycles. The summed E-state index contributed by atoms with van der Waals surface area (Å²) in [5.74, 6) is 0.787. The number of nitrogens with zero attached hydrogens (tertiary/aromatic N) is 2. The summed E-state index contributed by atoms with van der Waals surface area (Å²) < 4.78 is 5.11. The maximum atomic E-state index is 9.31. The minimum Gasteiger partial charge on any atom is -0.391 e. The van der Waals surface area contributed by atoms with Crippen LogP contribution in [0.1, 0.15) is 35.3 Å². The average Bonchev–Trinajstić information content (AvgIpc) is 2.72. The highest BCUT2D eigenvalue weighted by Crippen LogP contribution is 2.23. The Bertz CT molecular complexity index is 381. The molecule has 18 heavy (non-hydrogen) atoms. The first kappa shape index (κ1) is 13.9. The van der Waals surface area contributed by atoms with E-state index in [1.807, 2.05) is 0 Å². The van der Waals surface area contributed by atoms with E-state index in [4.69, 9.17) is 4.74 Å². The summed E-state index contributed by atoms with van der Waals surface area (Å²) >= 11 is 1.61. The number of hydrogen-bond acceptors (Lipinski definition) is 5. The zero-order valence-corrected chi connectivity index (χ0v) is 12.0. The van der Waals surface area contributed by atoms with Crippen molar-refractivity contribution in [1.29, 1.82) is 0 Å². The number of methoxy groups -OCH3 is 1. The van der Waals surface area contributed by atoms with Gasteiger partial charge in [-0.25, -0.2) is 4.98 Å². The maximum absolute atomic E-state index is 9.31. The summed E-state index contributed by atoms with van der Waals surface area (Å²) in [5, 5.41) is 10.4. The number of likely N-dealkylation sites (tertiary alicyclic amines) is 1. The second-order valence-corrected chi connectivity index (χ2v) is 6.22. The molecule has 1 unspecified atom stereocenters. The molecule has 1 atom stereocenters. The van der Waals surface area contributed by atoms with Crippen LogP contribution in [0.5, 0.6) is 0 Å². The van der Waals surface area contributed by atoms with Crippen LogP contribution in [0.2, 0.25) is 0 Å². The number of aliphatic hydroxyl groups excluding tert-OH is 1. The van der Waals surface area contributed by atoms with Gasteiger partial charge in [-0.2, -0.15) is 0 Å². The molecule has 4 nitrogen and oxygen atoms in total. The van der Waals surface area contributed by atoms with Crippen LogP contribution in [-0.4, -0.2) is 35.2 Å². The third kappa shape index (κ3) is 3.51. The molecule has 0 bridgehead atoms. The van der Waals surface area contributed by atoms with Crippen molar-refractivity contribution >= 4 is 11.3 Å². The molecule has 2 rings (SSSR count). The predicted octanol–water partition coefficient (Wildman–Crippen LogP) is 2.01. The van der Waals surface area contributed by atoms with Crippen molar-refractivity contribution in [2.45, 2.75) is 39.5 Å². The number of rotatable bonds is 5. The third-order valence-corrected chi connectivity index (χ3v) is 4.41. The average molecular weight is 270 g/mol. The van der Waals surface area contributed by atoms with Gasteiger partial charge in [0.25, 0.3) is 0 Å². The van der Waals surface area contributed by atoms with Crippen molar-refractivity contribution in [1.82, 2.24) is 9.88 Å². The molecule has 1 fully saturated rings. The van der Waals surface area contributed by atoms with Crippen LogP contribution in [0.25, 0.3) is 0 Å². The van der Waals surface area contributed by atoms with Crippen LogP contribution < -0.4 is 0 Å². The van der Waals surface area contributed by atoms with Gasteiger partial charge in [-0.15, -0.1) is 11.3 Å². The lowest BCUT2D eigenvalue weighted by molar-refractivity contribution is 0.172. The Hall–Kier alpha value is -0.490. The van der Waals surface area contributed by atoms with Gasteiger partial charge in [0.1, 0.15) is 5.01 Å². The zero-order valence-electron chi connectivity index (χ0n) is 11.2. The molecular formula is C13H22N2O2S. The minimum atomic E-state index is 0.0623. The summed E-state index contributed by atoms with van der Waals surface area (Å²) in [6.45, 7) is 6.09. The van der Waals surface area contributed by atoms with Gasteiger partial charge in [0.2, 0.25) is 0 Å². The van der Waals surface area contributed by atoms with Gasteiger partial charge < -0.3 is 9.84 Å². The van der Waals surface area contributed by atoms with Crippen molar-refractivity contribution in [2.75, 3.05) is 20.2 Å². The second kappa shape index (κ2) is 6.61. The Kier molecular flexibility index (Phi) is 5.12. The van der Waals surface area contributed by atoms with Crippen LogP contribution in [0.3, 0.4) is 0 Å². The molecule has 0 amide bonds. The van der Waals surface area contributed by atoms with E-state index in [1.54, 1.807) is 18.4 Å². The molecule has 0 spiro atoms. The van der Waals surface area contributed by atoms with Gasteiger partial charge in [0.05, 0.1) is 30.3 Å². The Labute approximate surface area is 113 Å². The summed E-state index contributed by atoms with van der Waals surface area (Å²) in [4.78, 5) is 7.99. The molecule has 0 radical (unpaired) electrons. The van der Waals surface area contributed by atoms with Crippen molar-refractivity contribution in [3.05, 3.63) is 15.6 Å². The largest absolute Gasteiger partial charge is 0.391 e. The first-order chi connectivity index (χ1) is 8.72. The summed E-state index contributed by atoms with van der Waals surface area (Å²) in [6, 6.07) is 0. The molecule has 1 aromatic rings. The Balaban J connectivity index is 2.00. The molecule has 0 aromatic carbocycles. The van der Waals surface area contributed by atoms with E-state index in [-0.39, 0.29) is 6.61 Å². The lowest BCUT2D eigenvalue weighted by atomic mass is 10.0. The molecule has 1 N–H and O–H groups in total. The highest BCUT2D eigenvalue weighted by Gasteiger charge is 2.18. The van der Waals surface area contributed by atoms with Gasteiger partial charge >= 0.3 is 0 Å². The molecule has 1 saturated heterocycles. The van der Waals surface area contributed by atoms with Gasteiger partial charge in [0.15, 0.2) is 0 Å². The normalized spacial score (nSPS) is 21.4. The number of ether oxygens (including phenoxy) is 1. The van der Waals surface area contributed by atoms with E-state index in [1.165, 1.54) is 12.8 Å².